The first-order valence-corrected chi connectivity index (χ1v) is 7.31. The van der Waals surface area contributed by atoms with Crippen LogP contribution < -0.4 is 9.88 Å². The first kappa shape index (κ1) is 14.0. The smallest absolute Gasteiger partial charge is 0.209 e. The Hall–Kier alpha value is -1.08. The van der Waals surface area contributed by atoms with Crippen LogP contribution >= 0.6 is 0 Å². The zero-order valence-electron chi connectivity index (χ0n) is 10.2. The molecular formula is C10H19N3O3S. The highest BCUT2D eigenvalue weighted by molar-refractivity contribution is 7.89. The van der Waals surface area contributed by atoms with Gasteiger partial charge < -0.3 is 4.74 Å². The molecule has 0 bridgehead atoms. The second-order valence-corrected chi connectivity index (χ2v) is 5.61. The van der Waals surface area contributed by atoms with Gasteiger partial charge in [0, 0.05) is 12.5 Å². The Morgan fingerprint density at radius 2 is 2.24 bits per heavy atom. The van der Waals surface area contributed by atoms with Gasteiger partial charge in [-0.05, 0) is 13.3 Å². The summed E-state index contributed by atoms with van der Waals surface area (Å²) in [7, 11) is -3.44. The maximum absolute atomic E-state index is 11.0. The normalized spacial score (nSPS) is 13.6. The van der Waals surface area contributed by atoms with E-state index in [1.165, 1.54) is 0 Å². The summed E-state index contributed by atoms with van der Waals surface area (Å²) in [4.78, 5) is 0. The van der Waals surface area contributed by atoms with Gasteiger partial charge in [0.15, 0.2) is 5.75 Å². The molecule has 1 unspecified atom stereocenters. The predicted octanol–water partition coefficient (Wildman–Crippen LogP) is 0.597. The predicted molar refractivity (Wildman–Crippen MR) is 65.2 cm³/mol. The van der Waals surface area contributed by atoms with E-state index in [2.05, 4.69) is 5.10 Å². The Kier molecular flexibility index (Phi) is 4.95. The summed E-state index contributed by atoms with van der Waals surface area (Å²) in [5.74, 6) is 0.514. The monoisotopic (exact) mass is 261 g/mol. The average Bonchev–Trinajstić information content (AvgIpc) is 2.70. The van der Waals surface area contributed by atoms with Crippen LogP contribution in [-0.4, -0.2) is 30.6 Å². The van der Waals surface area contributed by atoms with Gasteiger partial charge in [-0.1, -0.05) is 6.92 Å². The molecule has 7 heteroatoms. The standard InChI is InChI=1S/C10H19N3O3S/c1-3-9(8-17(11,14)15)7-16-10-5-12-13(4-2)6-10/h5-6,9H,3-4,7-8H2,1-2H3,(H2,11,14,15). The van der Waals surface area contributed by atoms with Crippen molar-refractivity contribution in [1.82, 2.24) is 9.78 Å². The highest BCUT2D eigenvalue weighted by atomic mass is 32.2. The van der Waals surface area contributed by atoms with Crippen molar-refractivity contribution in [3.05, 3.63) is 12.4 Å². The molecule has 0 aliphatic carbocycles. The number of rotatable bonds is 7. The van der Waals surface area contributed by atoms with E-state index in [1.807, 2.05) is 13.8 Å². The van der Waals surface area contributed by atoms with Gasteiger partial charge in [0.05, 0.1) is 24.8 Å². The summed E-state index contributed by atoms with van der Waals surface area (Å²) in [5.41, 5.74) is 0. The fraction of sp³-hybridized carbons (Fsp3) is 0.700. The Labute approximate surface area is 102 Å². The molecule has 2 N–H and O–H groups in total. The third kappa shape index (κ3) is 5.18. The van der Waals surface area contributed by atoms with Gasteiger partial charge in [-0.25, -0.2) is 13.6 Å². The molecule has 0 aromatic carbocycles. The zero-order chi connectivity index (χ0) is 12.9. The molecule has 0 fully saturated rings. The van der Waals surface area contributed by atoms with Gasteiger partial charge in [-0.15, -0.1) is 0 Å². The molecule has 98 valence electrons. The van der Waals surface area contributed by atoms with Crippen LogP contribution in [0.15, 0.2) is 12.4 Å². The molecule has 1 heterocycles. The Morgan fingerprint density at radius 1 is 1.53 bits per heavy atom. The highest BCUT2D eigenvalue weighted by Gasteiger charge is 2.15. The van der Waals surface area contributed by atoms with Gasteiger partial charge in [0.2, 0.25) is 10.0 Å². The minimum absolute atomic E-state index is 0.0502. The van der Waals surface area contributed by atoms with E-state index < -0.39 is 10.0 Å². The molecule has 0 amide bonds. The number of hydrogen-bond donors (Lipinski definition) is 1. The molecule has 0 saturated heterocycles. The summed E-state index contributed by atoms with van der Waals surface area (Å²) >= 11 is 0. The van der Waals surface area contributed by atoms with Crippen molar-refractivity contribution in [2.24, 2.45) is 11.1 Å². The van der Waals surface area contributed by atoms with E-state index in [1.54, 1.807) is 17.1 Å². The number of aromatic nitrogens is 2. The third-order valence-corrected chi connectivity index (χ3v) is 3.40. The maximum atomic E-state index is 11.0. The van der Waals surface area contributed by atoms with E-state index in [-0.39, 0.29) is 11.7 Å². The zero-order valence-corrected chi connectivity index (χ0v) is 11.0. The second kappa shape index (κ2) is 6.02. The third-order valence-electron chi connectivity index (χ3n) is 2.46. The van der Waals surface area contributed by atoms with E-state index in [0.29, 0.717) is 18.8 Å². The fourth-order valence-corrected chi connectivity index (χ4v) is 2.41. The summed E-state index contributed by atoms with van der Waals surface area (Å²) in [5, 5.41) is 9.07. The molecule has 1 atom stereocenters. The first-order valence-electron chi connectivity index (χ1n) is 5.60. The average molecular weight is 261 g/mol. The van der Waals surface area contributed by atoms with Gasteiger partial charge in [0.1, 0.15) is 0 Å². The summed E-state index contributed by atoms with van der Waals surface area (Å²) in [6, 6.07) is 0. The van der Waals surface area contributed by atoms with Crippen molar-refractivity contribution >= 4 is 10.0 Å². The highest BCUT2D eigenvalue weighted by Crippen LogP contribution is 2.12. The van der Waals surface area contributed by atoms with E-state index >= 15 is 0 Å². The maximum Gasteiger partial charge on any atom is 0.209 e. The molecule has 1 rings (SSSR count). The van der Waals surface area contributed by atoms with Crippen LogP contribution in [0, 0.1) is 5.92 Å². The molecule has 0 aliphatic heterocycles. The molecule has 1 aromatic heterocycles. The minimum Gasteiger partial charge on any atom is -0.490 e. The van der Waals surface area contributed by atoms with Crippen molar-refractivity contribution < 1.29 is 13.2 Å². The van der Waals surface area contributed by atoms with Crippen LogP contribution in [0.2, 0.25) is 0 Å². The van der Waals surface area contributed by atoms with E-state index in [0.717, 1.165) is 6.54 Å². The molecular weight excluding hydrogens is 242 g/mol. The minimum atomic E-state index is -3.44. The van der Waals surface area contributed by atoms with Gasteiger partial charge >= 0.3 is 0 Å². The van der Waals surface area contributed by atoms with Gasteiger partial charge in [-0.2, -0.15) is 5.10 Å². The lowest BCUT2D eigenvalue weighted by Gasteiger charge is -2.13. The van der Waals surface area contributed by atoms with Crippen molar-refractivity contribution in [2.75, 3.05) is 12.4 Å². The lowest BCUT2D eigenvalue weighted by Crippen LogP contribution is -2.26. The number of nitrogens with two attached hydrogens (primary N) is 1. The number of hydrogen-bond acceptors (Lipinski definition) is 4. The SMILES string of the molecule is CCC(COc1cnn(CC)c1)CS(N)(=O)=O. The van der Waals surface area contributed by atoms with Crippen molar-refractivity contribution in [3.8, 4) is 5.75 Å². The lowest BCUT2D eigenvalue weighted by atomic mass is 10.1. The van der Waals surface area contributed by atoms with Crippen LogP contribution in [0.4, 0.5) is 0 Å². The molecule has 6 nitrogen and oxygen atoms in total. The largest absolute Gasteiger partial charge is 0.490 e. The number of primary sulfonamides is 1. The number of nitrogens with zero attached hydrogens (tertiary/aromatic N) is 2. The van der Waals surface area contributed by atoms with Gasteiger partial charge in [-0.3, -0.25) is 4.68 Å². The Balaban J connectivity index is 2.47. The number of ether oxygens (including phenoxy) is 1. The fourth-order valence-electron chi connectivity index (χ4n) is 1.42. The van der Waals surface area contributed by atoms with Crippen molar-refractivity contribution in [1.29, 1.82) is 0 Å². The topological polar surface area (TPSA) is 87.2 Å². The molecule has 0 radical (unpaired) electrons. The van der Waals surface area contributed by atoms with Crippen LogP contribution in [-0.2, 0) is 16.6 Å². The van der Waals surface area contributed by atoms with Crippen LogP contribution in [0.3, 0.4) is 0 Å². The molecule has 17 heavy (non-hydrogen) atoms. The first-order chi connectivity index (χ1) is 7.94. The molecule has 0 aliphatic rings. The van der Waals surface area contributed by atoms with Crippen LogP contribution in [0.5, 0.6) is 5.75 Å². The summed E-state index contributed by atoms with van der Waals surface area (Å²) < 4.78 is 29.2. The Bertz CT molecular complexity index is 441. The lowest BCUT2D eigenvalue weighted by molar-refractivity contribution is 0.257. The van der Waals surface area contributed by atoms with E-state index in [9.17, 15) is 8.42 Å². The molecule has 0 saturated carbocycles. The quantitative estimate of drug-likeness (QED) is 0.778. The molecule has 0 spiro atoms. The van der Waals surface area contributed by atoms with Crippen LogP contribution in [0.1, 0.15) is 20.3 Å². The number of sulfonamides is 1. The molecule has 1 aromatic rings. The van der Waals surface area contributed by atoms with Gasteiger partial charge in [0.25, 0.3) is 0 Å². The summed E-state index contributed by atoms with van der Waals surface area (Å²) in [6.45, 7) is 5.00. The van der Waals surface area contributed by atoms with E-state index in [4.69, 9.17) is 9.88 Å². The number of aryl methyl sites for hydroxylation is 1. The van der Waals surface area contributed by atoms with Crippen molar-refractivity contribution in [2.45, 2.75) is 26.8 Å². The van der Waals surface area contributed by atoms with Crippen LogP contribution in [0.25, 0.3) is 0 Å². The second-order valence-electron chi connectivity index (χ2n) is 3.95. The van der Waals surface area contributed by atoms with Crippen molar-refractivity contribution in [3.63, 3.8) is 0 Å². The Morgan fingerprint density at radius 3 is 2.71 bits per heavy atom. The summed E-state index contributed by atoms with van der Waals surface area (Å²) in [6.07, 6.45) is 4.11.